The maximum Gasteiger partial charge on any atom is 0.323 e. The van der Waals surface area contributed by atoms with Crippen molar-refractivity contribution in [2.45, 2.75) is 26.3 Å². The fourth-order valence-electron chi connectivity index (χ4n) is 3.76. The summed E-state index contributed by atoms with van der Waals surface area (Å²) in [4.78, 5) is 37.3. The summed E-state index contributed by atoms with van der Waals surface area (Å²) in [5, 5.41) is 17.7. The van der Waals surface area contributed by atoms with E-state index in [0.717, 1.165) is 16.7 Å². The van der Waals surface area contributed by atoms with Gasteiger partial charge in [-0.1, -0.05) is 36.4 Å². The molecule has 0 radical (unpaired) electrons. The Balaban J connectivity index is 1.80. The number of hydrogen-bond acceptors (Lipinski definition) is 5. The maximum absolute atomic E-state index is 12.6. The van der Waals surface area contributed by atoms with Gasteiger partial charge in [-0.15, -0.1) is 0 Å². The van der Waals surface area contributed by atoms with Gasteiger partial charge in [0.05, 0.1) is 18.8 Å². The first-order chi connectivity index (χ1) is 17.2. The van der Waals surface area contributed by atoms with Gasteiger partial charge in [-0.2, -0.15) is 0 Å². The van der Waals surface area contributed by atoms with Crippen LogP contribution in [0.15, 0.2) is 78.7 Å². The number of benzene rings is 2. The topological polar surface area (TPSA) is 120 Å². The van der Waals surface area contributed by atoms with E-state index < -0.39 is 18.0 Å². The highest BCUT2D eigenvalue weighted by Gasteiger charge is 2.18. The predicted molar refractivity (Wildman–Crippen MR) is 139 cm³/mol. The highest BCUT2D eigenvalue weighted by atomic mass is 16.5. The summed E-state index contributed by atoms with van der Waals surface area (Å²) in [5.41, 5.74) is 3.71. The molecular weight excluding hydrogens is 460 g/mol. The van der Waals surface area contributed by atoms with Crippen LogP contribution in [0.2, 0.25) is 0 Å². The molecule has 2 aromatic carbocycles. The molecule has 0 fully saturated rings. The van der Waals surface area contributed by atoms with E-state index in [1.807, 2.05) is 43.3 Å². The molecule has 1 aliphatic heterocycles. The molecule has 0 spiro atoms. The van der Waals surface area contributed by atoms with Crippen LogP contribution in [0.5, 0.6) is 5.75 Å². The molecule has 3 amide bonds. The number of carboxylic acids is 1. The number of methoxy groups -OCH3 is 1. The van der Waals surface area contributed by atoms with Crippen LogP contribution in [0.1, 0.15) is 30.5 Å². The lowest BCUT2D eigenvalue weighted by Gasteiger charge is -2.22. The Hall–Kier alpha value is -4.53. The molecule has 3 rings (SSSR count). The zero-order valence-corrected chi connectivity index (χ0v) is 20.4. The Bertz CT molecular complexity index is 1220. The van der Waals surface area contributed by atoms with Gasteiger partial charge in [0, 0.05) is 25.0 Å². The van der Waals surface area contributed by atoms with E-state index in [0.29, 0.717) is 23.5 Å². The quantitative estimate of drug-likeness (QED) is 0.409. The SMILES string of the molecule is COc1cc(C(CC2=CN(CC(=O)O)C=CC=C2)NC(C)=O)ccc1NC(=O)Nc1ccccc1C. The van der Waals surface area contributed by atoms with Crippen LogP contribution in [0.3, 0.4) is 0 Å². The molecule has 1 atom stereocenters. The predicted octanol–water partition coefficient (Wildman–Crippen LogP) is 4.57. The monoisotopic (exact) mass is 490 g/mol. The molecule has 0 aliphatic carbocycles. The van der Waals surface area contributed by atoms with E-state index in [9.17, 15) is 14.4 Å². The van der Waals surface area contributed by atoms with Crippen LogP contribution < -0.4 is 20.7 Å². The molecule has 188 valence electrons. The van der Waals surface area contributed by atoms with E-state index >= 15 is 0 Å². The number of aliphatic carboxylic acids is 1. The van der Waals surface area contributed by atoms with E-state index in [1.165, 1.54) is 14.0 Å². The Morgan fingerprint density at radius 3 is 2.50 bits per heavy atom. The first kappa shape index (κ1) is 26.1. The Labute approximate surface area is 210 Å². The van der Waals surface area contributed by atoms with Crippen molar-refractivity contribution in [3.05, 3.63) is 89.8 Å². The molecular formula is C27H30N4O5. The molecule has 1 heterocycles. The van der Waals surface area contributed by atoms with Gasteiger partial charge in [0.15, 0.2) is 0 Å². The Kier molecular flexibility index (Phi) is 8.88. The minimum Gasteiger partial charge on any atom is -0.495 e. The summed E-state index contributed by atoms with van der Waals surface area (Å²) in [6.07, 6.45) is 9.28. The number of allylic oxidation sites excluding steroid dienone is 3. The number of hydrogen-bond donors (Lipinski definition) is 4. The van der Waals surface area contributed by atoms with E-state index in [-0.39, 0.29) is 12.5 Å². The molecule has 9 heteroatoms. The van der Waals surface area contributed by atoms with Gasteiger partial charge in [0.2, 0.25) is 5.91 Å². The van der Waals surface area contributed by atoms with Gasteiger partial charge >= 0.3 is 12.0 Å². The number of aryl methyl sites for hydroxylation is 1. The average Bonchev–Trinajstić information content (AvgIpc) is 3.04. The zero-order chi connectivity index (χ0) is 26.1. The first-order valence-corrected chi connectivity index (χ1v) is 11.4. The summed E-state index contributed by atoms with van der Waals surface area (Å²) in [6, 6.07) is 11.9. The summed E-state index contributed by atoms with van der Waals surface area (Å²) < 4.78 is 5.52. The van der Waals surface area contributed by atoms with Crippen molar-refractivity contribution in [2.24, 2.45) is 0 Å². The second kappa shape index (κ2) is 12.3. The van der Waals surface area contributed by atoms with Gasteiger partial charge in [-0.05, 0) is 54.3 Å². The van der Waals surface area contributed by atoms with Crippen LogP contribution in [0.4, 0.5) is 16.2 Å². The Morgan fingerprint density at radius 2 is 1.81 bits per heavy atom. The first-order valence-electron chi connectivity index (χ1n) is 11.4. The molecule has 0 saturated heterocycles. The summed E-state index contributed by atoms with van der Waals surface area (Å²) >= 11 is 0. The number of ether oxygens (including phenoxy) is 1. The molecule has 36 heavy (non-hydrogen) atoms. The molecule has 4 N–H and O–H groups in total. The number of carboxylic acid groups (broad SMARTS) is 1. The third-order valence-corrected chi connectivity index (χ3v) is 5.44. The lowest BCUT2D eigenvalue weighted by molar-refractivity contribution is -0.137. The smallest absolute Gasteiger partial charge is 0.323 e. The van der Waals surface area contributed by atoms with Crippen molar-refractivity contribution >= 4 is 29.3 Å². The summed E-state index contributed by atoms with van der Waals surface area (Å²) in [6.45, 7) is 3.17. The molecule has 0 saturated carbocycles. The van der Waals surface area contributed by atoms with E-state index in [4.69, 9.17) is 9.84 Å². The van der Waals surface area contributed by atoms with Crippen LogP contribution in [-0.4, -0.2) is 41.6 Å². The van der Waals surface area contributed by atoms with Crippen molar-refractivity contribution in [1.82, 2.24) is 10.2 Å². The number of nitrogens with one attached hydrogen (secondary N) is 3. The summed E-state index contributed by atoms with van der Waals surface area (Å²) in [5.74, 6) is -0.727. The maximum atomic E-state index is 12.6. The molecule has 0 bridgehead atoms. The van der Waals surface area contributed by atoms with Gasteiger partial charge < -0.3 is 30.7 Å². The zero-order valence-electron chi connectivity index (χ0n) is 20.4. The van der Waals surface area contributed by atoms with E-state index in [2.05, 4.69) is 16.0 Å². The number of carbonyl (C=O) groups excluding carboxylic acids is 2. The van der Waals surface area contributed by atoms with Crippen molar-refractivity contribution in [3.63, 3.8) is 0 Å². The molecule has 1 aliphatic rings. The second-order valence-electron chi connectivity index (χ2n) is 8.28. The Morgan fingerprint density at radius 1 is 1.06 bits per heavy atom. The number of anilines is 2. The van der Waals surface area contributed by atoms with Gasteiger partial charge in [-0.3, -0.25) is 9.59 Å². The fourth-order valence-corrected chi connectivity index (χ4v) is 3.76. The van der Waals surface area contributed by atoms with Crippen molar-refractivity contribution < 1.29 is 24.2 Å². The number of amides is 3. The molecule has 2 aromatic rings. The minimum atomic E-state index is -0.949. The standard InChI is InChI=1S/C27H30N4O5/c1-18-8-4-5-10-22(18)29-27(35)30-23-12-11-21(15-25(23)36-3)24(28-19(2)32)14-20-9-6-7-13-31(16-20)17-26(33)34/h4-13,15-16,24H,14,17H2,1-3H3,(H,28,32)(H,33,34)(H2,29,30,35). The molecule has 0 aromatic heterocycles. The normalized spacial score (nSPS) is 13.3. The highest BCUT2D eigenvalue weighted by molar-refractivity contribution is 6.01. The minimum absolute atomic E-state index is 0.175. The lowest BCUT2D eigenvalue weighted by Crippen LogP contribution is -2.27. The number of rotatable bonds is 9. The van der Waals surface area contributed by atoms with Gasteiger partial charge in [0.25, 0.3) is 0 Å². The van der Waals surface area contributed by atoms with Crippen molar-refractivity contribution in [1.29, 1.82) is 0 Å². The van der Waals surface area contributed by atoms with Crippen molar-refractivity contribution in [3.8, 4) is 5.75 Å². The van der Waals surface area contributed by atoms with Gasteiger partial charge in [0.1, 0.15) is 12.3 Å². The van der Waals surface area contributed by atoms with Crippen LogP contribution >= 0.6 is 0 Å². The van der Waals surface area contributed by atoms with Crippen molar-refractivity contribution in [2.75, 3.05) is 24.3 Å². The van der Waals surface area contributed by atoms with Crippen LogP contribution in [0, 0.1) is 6.92 Å². The largest absolute Gasteiger partial charge is 0.495 e. The average molecular weight is 491 g/mol. The lowest BCUT2D eigenvalue weighted by atomic mass is 9.98. The number of carbonyl (C=O) groups is 3. The fraction of sp³-hybridized carbons (Fsp3) is 0.222. The van der Waals surface area contributed by atoms with Crippen LogP contribution in [-0.2, 0) is 9.59 Å². The van der Waals surface area contributed by atoms with Crippen LogP contribution in [0.25, 0.3) is 0 Å². The van der Waals surface area contributed by atoms with E-state index in [1.54, 1.807) is 41.6 Å². The number of nitrogens with zero attached hydrogens (tertiary/aromatic N) is 1. The van der Waals surface area contributed by atoms with Gasteiger partial charge in [-0.25, -0.2) is 4.79 Å². The molecule has 9 nitrogen and oxygen atoms in total. The number of para-hydroxylation sites is 1. The third kappa shape index (κ3) is 7.49. The highest BCUT2D eigenvalue weighted by Crippen LogP contribution is 2.31. The molecule has 1 unspecified atom stereocenters. The summed E-state index contributed by atoms with van der Waals surface area (Å²) in [7, 11) is 1.50. The third-order valence-electron chi connectivity index (χ3n) is 5.44. The number of urea groups is 1. The second-order valence-corrected chi connectivity index (χ2v) is 8.28.